The predicted octanol–water partition coefficient (Wildman–Crippen LogP) is 2.10. The zero-order valence-corrected chi connectivity index (χ0v) is 14.3. The average molecular weight is 319 g/mol. The zero-order chi connectivity index (χ0) is 17.0. The number of fused-ring (bicyclic) bond motifs is 1. The Bertz CT molecular complexity index is 584. The van der Waals surface area contributed by atoms with E-state index in [1.165, 1.54) is 0 Å². The molecule has 6 heteroatoms. The van der Waals surface area contributed by atoms with E-state index in [1.54, 1.807) is 23.0 Å². The molecule has 1 N–H and O–H groups in total. The number of nitrogens with one attached hydrogen (secondary N) is 1. The summed E-state index contributed by atoms with van der Waals surface area (Å²) in [7, 11) is 1.61. The Morgan fingerprint density at radius 2 is 2.00 bits per heavy atom. The minimum absolute atomic E-state index is 0.0399. The van der Waals surface area contributed by atoms with Gasteiger partial charge in [0, 0.05) is 19.2 Å². The van der Waals surface area contributed by atoms with Crippen LogP contribution in [0.5, 0.6) is 5.75 Å². The van der Waals surface area contributed by atoms with Crippen molar-refractivity contribution >= 4 is 23.2 Å². The van der Waals surface area contributed by atoms with E-state index >= 15 is 0 Å². The summed E-state index contributed by atoms with van der Waals surface area (Å²) in [6.45, 7) is 7.18. The van der Waals surface area contributed by atoms with E-state index in [0.717, 1.165) is 17.1 Å². The number of nitrogens with zero attached hydrogens (tertiary/aromatic N) is 2. The number of amides is 2. The van der Waals surface area contributed by atoms with Gasteiger partial charge in [-0.1, -0.05) is 6.92 Å². The fraction of sp³-hybridized carbons (Fsp3) is 0.529. The van der Waals surface area contributed by atoms with Gasteiger partial charge in [0.25, 0.3) is 0 Å². The van der Waals surface area contributed by atoms with E-state index < -0.39 is 0 Å². The van der Waals surface area contributed by atoms with E-state index in [-0.39, 0.29) is 24.4 Å². The molecule has 0 saturated heterocycles. The number of hydrogen-bond donors (Lipinski definition) is 1. The van der Waals surface area contributed by atoms with Crippen LogP contribution in [0.3, 0.4) is 0 Å². The first-order valence-corrected chi connectivity index (χ1v) is 8.09. The summed E-state index contributed by atoms with van der Waals surface area (Å²) < 4.78 is 5.25. The van der Waals surface area contributed by atoms with E-state index in [9.17, 15) is 9.59 Å². The molecule has 0 spiro atoms. The largest absolute Gasteiger partial charge is 0.497 e. The molecule has 23 heavy (non-hydrogen) atoms. The number of anilines is 2. The number of benzene rings is 1. The monoisotopic (exact) mass is 319 g/mol. The smallest absolute Gasteiger partial charge is 0.250 e. The topological polar surface area (TPSA) is 61.9 Å². The van der Waals surface area contributed by atoms with Crippen molar-refractivity contribution in [2.45, 2.75) is 33.2 Å². The zero-order valence-electron chi connectivity index (χ0n) is 14.3. The third-order valence-electron chi connectivity index (χ3n) is 4.21. The van der Waals surface area contributed by atoms with Crippen molar-refractivity contribution < 1.29 is 14.3 Å². The van der Waals surface area contributed by atoms with E-state index in [0.29, 0.717) is 19.5 Å². The molecule has 1 atom stereocenters. The summed E-state index contributed by atoms with van der Waals surface area (Å²) in [5.41, 5.74) is 1.55. The standard InChI is InChI=1S/C17H25N3O3/c1-5-13-17(22)20(11-16(21)19(6-2)7-3)15-9-8-12(23-4)10-14(15)18-13/h8-10,13,18H,5-7,11H2,1-4H3. The number of methoxy groups -OCH3 is 1. The molecular formula is C17H25N3O3. The highest BCUT2D eigenvalue weighted by Gasteiger charge is 2.33. The second-order valence-corrected chi connectivity index (χ2v) is 5.48. The lowest BCUT2D eigenvalue weighted by Crippen LogP contribution is -2.51. The molecule has 6 nitrogen and oxygen atoms in total. The Balaban J connectivity index is 2.33. The Hall–Kier alpha value is -2.24. The summed E-state index contributed by atoms with van der Waals surface area (Å²) in [5.74, 6) is 0.614. The number of ether oxygens (including phenoxy) is 1. The number of hydrogen-bond acceptors (Lipinski definition) is 4. The van der Waals surface area contributed by atoms with Crippen LogP contribution >= 0.6 is 0 Å². The van der Waals surface area contributed by atoms with Gasteiger partial charge in [-0.2, -0.15) is 0 Å². The van der Waals surface area contributed by atoms with Crippen molar-refractivity contribution in [3.63, 3.8) is 0 Å². The summed E-state index contributed by atoms with van der Waals surface area (Å²) in [4.78, 5) is 28.4. The molecule has 0 fully saturated rings. The van der Waals surface area contributed by atoms with Crippen molar-refractivity contribution in [3.05, 3.63) is 18.2 Å². The fourth-order valence-corrected chi connectivity index (χ4v) is 2.80. The third-order valence-corrected chi connectivity index (χ3v) is 4.21. The lowest BCUT2D eigenvalue weighted by Gasteiger charge is -2.35. The summed E-state index contributed by atoms with van der Waals surface area (Å²) in [6.07, 6.45) is 0.658. The summed E-state index contributed by atoms with van der Waals surface area (Å²) >= 11 is 0. The van der Waals surface area contributed by atoms with E-state index in [1.807, 2.05) is 32.9 Å². The Morgan fingerprint density at radius 1 is 1.30 bits per heavy atom. The molecule has 2 rings (SSSR count). The molecule has 2 amide bonds. The second-order valence-electron chi connectivity index (χ2n) is 5.48. The van der Waals surface area contributed by atoms with Gasteiger partial charge in [-0.15, -0.1) is 0 Å². The van der Waals surface area contributed by atoms with Crippen molar-refractivity contribution in [1.82, 2.24) is 4.90 Å². The fourth-order valence-electron chi connectivity index (χ4n) is 2.80. The summed E-state index contributed by atoms with van der Waals surface area (Å²) in [6, 6.07) is 5.16. The minimum Gasteiger partial charge on any atom is -0.497 e. The Labute approximate surface area is 137 Å². The Morgan fingerprint density at radius 3 is 2.57 bits per heavy atom. The van der Waals surface area contributed by atoms with E-state index in [4.69, 9.17) is 4.74 Å². The molecule has 1 aromatic rings. The van der Waals surface area contributed by atoms with Crippen LogP contribution in [0.2, 0.25) is 0 Å². The highest BCUT2D eigenvalue weighted by molar-refractivity contribution is 6.08. The first kappa shape index (κ1) is 17.1. The normalized spacial score (nSPS) is 16.6. The third kappa shape index (κ3) is 3.41. The predicted molar refractivity (Wildman–Crippen MR) is 91.0 cm³/mol. The van der Waals surface area contributed by atoms with Crippen molar-refractivity contribution in [3.8, 4) is 5.75 Å². The van der Waals surface area contributed by atoms with Gasteiger partial charge in [0.2, 0.25) is 11.8 Å². The molecule has 1 unspecified atom stereocenters. The number of carbonyl (C=O) groups excluding carboxylic acids is 2. The molecular weight excluding hydrogens is 294 g/mol. The van der Waals surface area contributed by atoms with Crippen LogP contribution in [0, 0.1) is 0 Å². The lowest BCUT2D eigenvalue weighted by atomic mass is 10.1. The molecule has 126 valence electrons. The van der Waals surface area contributed by atoms with Gasteiger partial charge in [-0.3, -0.25) is 14.5 Å². The van der Waals surface area contributed by atoms with Crippen LogP contribution in [-0.2, 0) is 9.59 Å². The SMILES string of the molecule is CCC1Nc2cc(OC)ccc2N(CC(=O)N(CC)CC)C1=O. The first-order valence-electron chi connectivity index (χ1n) is 8.09. The van der Waals surface area contributed by atoms with Crippen molar-refractivity contribution in [1.29, 1.82) is 0 Å². The van der Waals surface area contributed by atoms with Gasteiger partial charge >= 0.3 is 0 Å². The van der Waals surface area contributed by atoms with Gasteiger partial charge in [0.05, 0.1) is 18.5 Å². The second kappa shape index (κ2) is 7.35. The Kier molecular flexibility index (Phi) is 5.47. The van der Waals surface area contributed by atoms with Crippen LogP contribution in [0.25, 0.3) is 0 Å². The molecule has 0 aromatic heterocycles. The number of carbonyl (C=O) groups is 2. The molecule has 1 aliphatic heterocycles. The minimum atomic E-state index is -0.320. The van der Waals surface area contributed by atoms with Gasteiger partial charge in [0.15, 0.2) is 0 Å². The van der Waals surface area contributed by atoms with Crippen molar-refractivity contribution in [2.24, 2.45) is 0 Å². The molecule has 1 aromatic carbocycles. The highest BCUT2D eigenvalue weighted by atomic mass is 16.5. The van der Waals surface area contributed by atoms with Crippen molar-refractivity contribution in [2.75, 3.05) is 37.0 Å². The quantitative estimate of drug-likeness (QED) is 0.872. The average Bonchev–Trinajstić information content (AvgIpc) is 2.57. The van der Waals surface area contributed by atoms with Gasteiger partial charge in [-0.05, 0) is 32.4 Å². The van der Waals surface area contributed by atoms with E-state index in [2.05, 4.69) is 5.32 Å². The van der Waals surface area contributed by atoms with Crippen LogP contribution in [0.4, 0.5) is 11.4 Å². The van der Waals surface area contributed by atoms with Gasteiger partial charge < -0.3 is 15.0 Å². The van der Waals surface area contributed by atoms with Crippen LogP contribution < -0.4 is 15.0 Å². The maximum absolute atomic E-state index is 12.7. The summed E-state index contributed by atoms with van der Waals surface area (Å²) in [5, 5.41) is 3.24. The van der Waals surface area contributed by atoms with Crippen LogP contribution in [-0.4, -0.2) is 49.5 Å². The van der Waals surface area contributed by atoms with Crippen LogP contribution in [0.1, 0.15) is 27.2 Å². The molecule has 0 aliphatic carbocycles. The first-order chi connectivity index (χ1) is 11.0. The maximum atomic E-state index is 12.7. The molecule has 0 bridgehead atoms. The molecule has 0 saturated carbocycles. The maximum Gasteiger partial charge on any atom is 0.250 e. The highest BCUT2D eigenvalue weighted by Crippen LogP contribution is 2.35. The molecule has 1 heterocycles. The van der Waals surface area contributed by atoms with Gasteiger partial charge in [-0.25, -0.2) is 0 Å². The molecule has 1 aliphatic rings. The molecule has 0 radical (unpaired) electrons. The lowest BCUT2D eigenvalue weighted by molar-refractivity contribution is -0.131. The van der Waals surface area contributed by atoms with Crippen LogP contribution in [0.15, 0.2) is 18.2 Å². The number of likely N-dealkylation sites (N-methyl/N-ethyl adjacent to an activating group) is 1. The van der Waals surface area contributed by atoms with Gasteiger partial charge in [0.1, 0.15) is 18.3 Å². The number of rotatable bonds is 6.